The molecule has 0 saturated carbocycles. The lowest BCUT2D eigenvalue weighted by Crippen LogP contribution is -2.35. The van der Waals surface area contributed by atoms with E-state index in [0.717, 1.165) is 67.6 Å². The molecule has 2 heterocycles. The fraction of sp³-hybridized carbons (Fsp3) is 0.522. The van der Waals surface area contributed by atoms with Crippen molar-refractivity contribution in [3.63, 3.8) is 0 Å². The Morgan fingerprint density at radius 2 is 1.86 bits per heavy atom. The van der Waals surface area contributed by atoms with Gasteiger partial charge in [-0.2, -0.15) is 0 Å². The van der Waals surface area contributed by atoms with Crippen LogP contribution in [0, 0.1) is 5.82 Å². The molecule has 2 aliphatic heterocycles. The van der Waals surface area contributed by atoms with Gasteiger partial charge in [-0.05, 0) is 69.0 Å². The SMILES string of the molecule is CN1CCCN(C(=O)c2cc(CC3=NCC(=O)C4=C3CCCC4)ccc2F)CC1. The first-order chi connectivity index (χ1) is 14.0. The summed E-state index contributed by atoms with van der Waals surface area (Å²) in [5.41, 5.74) is 3.96. The first kappa shape index (κ1) is 20.0. The molecule has 1 aromatic carbocycles. The van der Waals surface area contributed by atoms with Crippen LogP contribution in [0.25, 0.3) is 0 Å². The summed E-state index contributed by atoms with van der Waals surface area (Å²) in [6, 6.07) is 4.79. The Labute approximate surface area is 171 Å². The number of rotatable bonds is 3. The molecule has 3 aliphatic rings. The summed E-state index contributed by atoms with van der Waals surface area (Å²) in [4.78, 5) is 33.6. The highest BCUT2D eigenvalue weighted by molar-refractivity contribution is 6.14. The quantitative estimate of drug-likeness (QED) is 0.788. The van der Waals surface area contributed by atoms with Crippen LogP contribution in [0.15, 0.2) is 34.3 Å². The predicted octanol–water partition coefficient (Wildman–Crippen LogP) is 3.04. The maximum absolute atomic E-state index is 14.5. The van der Waals surface area contributed by atoms with Gasteiger partial charge in [0, 0.05) is 37.3 Å². The molecule has 0 aromatic heterocycles. The molecule has 1 fully saturated rings. The molecule has 1 saturated heterocycles. The number of carbonyl (C=O) groups excluding carboxylic acids is 2. The van der Waals surface area contributed by atoms with Crippen molar-refractivity contribution in [1.29, 1.82) is 0 Å². The molecular formula is C23H28FN3O2. The average Bonchev–Trinajstić information content (AvgIpc) is 2.95. The van der Waals surface area contributed by atoms with Gasteiger partial charge >= 0.3 is 0 Å². The van der Waals surface area contributed by atoms with Gasteiger partial charge in [0.1, 0.15) is 12.4 Å². The van der Waals surface area contributed by atoms with Crippen molar-refractivity contribution >= 4 is 17.4 Å². The summed E-state index contributed by atoms with van der Waals surface area (Å²) in [6.45, 7) is 3.22. The molecule has 154 valence electrons. The number of hydrogen-bond donors (Lipinski definition) is 0. The third-order valence-electron chi connectivity index (χ3n) is 6.21. The second-order valence-corrected chi connectivity index (χ2v) is 8.29. The van der Waals surface area contributed by atoms with Gasteiger partial charge in [-0.15, -0.1) is 0 Å². The van der Waals surface area contributed by atoms with Crippen LogP contribution in [-0.2, 0) is 11.2 Å². The Balaban J connectivity index is 1.55. The number of benzene rings is 1. The van der Waals surface area contributed by atoms with Gasteiger partial charge in [0.25, 0.3) is 5.91 Å². The van der Waals surface area contributed by atoms with E-state index in [1.807, 2.05) is 7.05 Å². The first-order valence-electron chi connectivity index (χ1n) is 10.6. The van der Waals surface area contributed by atoms with E-state index < -0.39 is 5.82 Å². The summed E-state index contributed by atoms with van der Waals surface area (Å²) < 4.78 is 14.5. The van der Waals surface area contributed by atoms with Crippen molar-refractivity contribution in [2.75, 3.05) is 39.8 Å². The number of Topliss-reactive ketones (excluding diaryl/α,β-unsaturated/α-hetero) is 1. The highest BCUT2D eigenvalue weighted by atomic mass is 19.1. The zero-order chi connectivity index (χ0) is 20.4. The Morgan fingerprint density at radius 3 is 2.69 bits per heavy atom. The van der Waals surface area contributed by atoms with Gasteiger partial charge in [-0.25, -0.2) is 4.39 Å². The normalized spacial score (nSPS) is 21.0. The highest BCUT2D eigenvalue weighted by Crippen LogP contribution is 2.30. The van der Waals surface area contributed by atoms with Crippen LogP contribution in [-0.4, -0.2) is 67.0 Å². The summed E-state index contributed by atoms with van der Waals surface area (Å²) in [5, 5.41) is 0. The van der Waals surface area contributed by atoms with Crippen LogP contribution in [0.3, 0.4) is 0 Å². The van der Waals surface area contributed by atoms with E-state index >= 15 is 0 Å². The number of carbonyl (C=O) groups is 2. The molecule has 5 nitrogen and oxygen atoms in total. The Morgan fingerprint density at radius 1 is 1.07 bits per heavy atom. The standard InChI is InChI=1S/C23H28FN3O2/c1-26-9-4-10-27(12-11-26)23(29)19-13-16(7-8-20(19)24)14-21-17-5-2-3-6-18(17)22(28)15-25-21/h7-8,13H,2-6,9-12,14-15H2,1H3. The summed E-state index contributed by atoms with van der Waals surface area (Å²) in [7, 11) is 2.04. The molecule has 29 heavy (non-hydrogen) atoms. The van der Waals surface area contributed by atoms with Crippen molar-refractivity contribution in [3.8, 4) is 0 Å². The Bertz CT molecular complexity index is 890. The molecule has 1 amide bonds. The fourth-order valence-corrected chi connectivity index (χ4v) is 4.51. The van der Waals surface area contributed by atoms with Crippen LogP contribution in [0.1, 0.15) is 48.0 Å². The Hall–Kier alpha value is -2.34. The fourth-order valence-electron chi connectivity index (χ4n) is 4.51. The van der Waals surface area contributed by atoms with Gasteiger partial charge in [-0.3, -0.25) is 14.6 Å². The van der Waals surface area contributed by atoms with E-state index in [1.54, 1.807) is 17.0 Å². The third kappa shape index (κ3) is 4.32. The summed E-state index contributed by atoms with van der Waals surface area (Å²) in [5.74, 6) is -0.572. The molecule has 4 rings (SSSR count). The van der Waals surface area contributed by atoms with Crippen LogP contribution in [0.5, 0.6) is 0 Å². The Kier molecular flexibility index (Phi) is 5.90. The molecule has 0 radical (unpaired) electrons. The topological polar surface area (TPSA) is 53.0 Å². The minimum absolute atomic E-state index is 0.136. The van der Waals surface area contributed by atoms with E-state index in [1.165, 1.54) is 6.07 Å². The van der Waals surface area contributed by atoms with Crippen LogP contribution in [0.4, 0.5) is 4.39 Å². The van der Waals surface area contributed by atoms with Crippen molar-refractivity contribution in [2.45, 2.75) is 38.5 Å². The molecular weight excluding hydrogens is 369 g/mol. The number of allylic oxidation sites excluding steroid dienone is 1. The number of likely N-dealkylation sites (N-methyl/N-ethyl adjacent to an activating group) is 1. The second kappa shape index (κ2) is 8.57. The largest absolute Gasteiger partial charge is 0.337 e. The molecule has 0 atom stereocenters. The zero-order valence-corrected chi connectivity index (χ0v) is 17.0. The molecule has 0 unspecified atom stereocenters. The molecule has 0 bridgehead atoms. The van der Waals surface area contributed by atoms with E-state index in [-0.39, 0.29) is 23.8 Å². The predicted molar refractivity (Wildman–Crippen MR) is 111 cm³/mol. The second-order valence-electron chi connectivity index (χ2n) is 8.29. The van der Waals surface area contributed by atoms with Crippen molar-refractivity contribution < 1.29 is 14.0 Å². The third-order valence-corrected chi connectivity index (χ3v) is 6.21. The molecule has 1 aliphatic carbocycles. The molecule has 0 N–H and O–H groups in total. The molecule has 6 heteroatoms. The molecule has 1 aromatic rings. The monoisotopic (exact) mass is 397 g/mol. The first-order valence-corrected chi connectivity index (χ1v) is 10.6. The van der Waals surface area contributed by atoms with E-state index in [2.05, 4.69) is 9.89 Å². The number of hydrogen-bond acceptors (Lipinski definition) is 4. The maximum Gasteiger partial charge on any atom is 0.256 e. The lowest BCUT2D eigenvalue weighted by atomic mass is 9.83. The number of halogens is 1. The minimum Gasteiger partial charge on any atom is -0.337 e. The van der Waals surface area contributed by atoms with Gasteiger partial charge in [0.2, 0.25) is 0 Å². The van der Waals surface area contributed by atoms with Gasteiger partial charge in [0.15, 0.2) is 5.78 Å². The zero-order valence-electron chi connectivity index (χ0n) is 17.0. The van der Waals surface area contributed by atoms with Crippen LogP contribution in [0.2, 0.25) is 0 Å². The number of ketones is 1. The lowest BCUT2D eigenvalue weighted by Gasteiger charge is -2.25. The lowest BCUT2D eigenvalue weighted by molar-refractivity contribution is -0.114. The number of aliphatic imine (C=N–C) groups is 1. The summed E-state index contributed by atoms with van der Waals surface area (Å²) in [6.07, 6.45) is 5.28. The van der Waals surface area contributed by atoms with Gasteiger partial charge < -0.3 is 9.80 Å². The minimum atomic E-state index is -0.477. The number of amides is 1. The van der Waals surface area contributed by atoms with Crippen molar-refractivity contribution in [3.05, 3.63) is 46.3 Å². The highest BCUT2D eigenvalue weighted by Gasteiger charge is 2.27. The van der Waals surface area contributed by atoms with Crippen molar-refractivity contribution in [2.24, 2.45) is 4.99 Å². The van der Waals surface area contributed by atoms with Gasteiger partial charge in [0.05, 0.1) is 5.56 Å². The smallest absolute Gasteiger partial charge is 0.256 e. The maximum atomic E-state index is 14.5. The van der Waals surface area contributed by atoms with E-state index in [4.69, 9.17) is 0 Å². The number of dihydropyridines is 1. The van der Waals surface area contributed by atoms with Crippen LogP contribution >= 0.6 is 0 Å². The van der Waals surface area contributed by atoms with Crippen molar-refractivity contribution in [1.82, 2.24) is 9.80 Å². The number of nitrogens with zero attached hydrogens (tertiary/aromatic N) is 3. The van der Waals surface area contributed by atoms with Gasteiger partial charge in [-0.1, -0.05) is 6.07 Å². The van der Waals surface area contributed by atoms with E-state index in [0.29, 0.717) is 19.5 Å². The summed E-state index contributed by atoms with van der Waals surface area (Å²) >= 11 is 0. The average molecular weight is 397 g/mol. The van der Waals surface area contributed by atoms with E-state index in [9.17, 15) is 14.0 Å². The van der Waals surface area contributed by atoms with Crippen LogP contribution < -0.4 is 0 Å². The molecule has 0 spiro atoms.